The molecule has 0 amide bonds. The van der Waals surface area contributed by atoms with Gasteiger partial charge in [0.05, 0.1) is 10.4 Å². The highest BCUT2D eigenvalue weighted by atomic mass is 32.2. The van der Waals surface area contributed by atoms with Crippen molar-refractivity contribution in [2.24, 2.45) is 0 Å². The Morgan fingerprint density at radius 3 is 2.64 bits per heavy atom. The lowest BCUT2D eigenvalue weighted by Gasteiger charge is -2.14. The number of aromatic amines is 1. The van der Waals surface area contributed by atoms with Crippen LogP contribution in [-0.4, -0.2) is 50.3 Å². The van der Waals surface area contributed by atoms with Gasteiger partial charge in [0, 0.05) is 11.9 Å². The number of hydrogen-bond donors (Lipinski definition) is 1. The first kappa shape index (κ1) is 17.4. The first-order valence-electron chi connectivity index (χ1n) is 8.12. The second kappa shape index (κ2) is 7.25. The van der Waals surface area contributed by atoms with Crippen LogP contribution in [0.25, 0.3) is 10.9 Å². The lowest BCUT2D eigenvalue weighted by Crippen LogP contribution is -2.23. The summed E-state index contributed by atoms with van der Waals surface area (Å²) in [4.78, 5) is 2.36. The van der Waals surface area contributed by atoms with Crippen molar-refractivity contribution in [3.63, 3.8) is 0 Å². The van der Waals surface area contributed by atoms with E-state index in [1.807, 2.05) is 13.1 Å². The van der Waals surface area contributed by atoms with Crippen LogP contribution in [0.2, 0.25) is 0 Å². The second-order valence-corrected chi connectivity index (χ2v) is 7.66. The highest BCUT2D eigenvalue weighted by Gasteiger charge is 2.23. The molecule has 1 aromatic heterocycles. The Kier molecular flexibility index (Phi) is 5.06. The van der Waals surface area contributed by atoms with Crippen LogP contribution >= 0.6 is 0 Å². The number of hydrogen-bond acceptors (Lipinski definition) is 5. The zero-order valence-electron chi connectivity index (χ0n) is 14.3. The molecular weight excluding hydrogens is 338 g/mol. The first-order chi connectivity index (χ1) is 12.0. The van der Waals surface area contributed by atoms with E-state index in [9.17, 15) is 8.42 Å². The second-order valence-electron chi connectivity index (χ2n) is 5.80. The smallest absolute Gasteiger partial charge is 0.226 e. The number of ether oxygens (including phenoxy) is 1. The van der Waals surface area contributed by atoms with E-state index in [4.69, 9.17) is 4.74 Å². The van der Waals surface area contributed by atoms with Crippen LogP contribution in [0.15, 0.2) is 58.5 Å². The van der Waals surface area contributed by atoms with E-state index in [2.05, 4.69) is 22.0 Å². The highest BCUT2D eigenvalue weighted by Crippen LogP contribution is 2.28. The molecule has 0 aliphatic heterocycles. The van der Waals surface area contributed by atoms with E-state index in [1.165, 1.54) is 0 Å². The Labute approximate surface area is 147 Å². The molecule has 0 aliphatic carbocycles. The predicted molar refractivity (Wildman–Crippen MR) is 96.7 cm³/mol. The molecule has 7 heteroatoms. The lowest BCUT2D eigenvalue weighted by atomic mass is 10.2. The summed E-state index contributed by atoms with van der Waals surface area (Å²) >= 11 is 0. The average Bonchev–Trinajstić information content (AvgIpc) is 3.06. The molecule has 0 radical (unpaired) electrons. The van der Waals surface area contributed by atoms with Crippen molar-refractivity contribution < 1.29 is 13.2 Å². The van der Waals surface area contributed by atoms with Crippen LogP contribution in [0, 0.1) is 0 Å². The number of fused-ring (bicyclic) bond motifs is 1. The molecule has 3 aromatic rings. The van der Waals surface area contributed by atoms with E-state index in [0.29, 0.717) is 23.3 Å². The summed E-state index contributed by atoms with van der Waals surface area (Å²) in [5.41, 5.74) is 0.660. The third kappa shape index (κ3) is 3.67. The standard InChI is InChI=1S/C18H21N3O3S/c1-3-21(2)11-12-24-14-9-10-17-16(13-14)18(20-19-17)25(22,23)15-7-5-4-6-8-15/h4-10,13H,3,11-12H2,1-2H3,(H,19,20). The predicted octanol–water partition coefficient (Wildman–Crippen LogP) is 2.73. The normalized spacial score (nSPS) is 12.0. The minimum atomic E-state index is -3.68. The highest BCUT2D eigenvalue weighted by molar-refractivity contribution is 7.91. The number of H-pyrrole nitrogens is 1. The number of sulfone groups is 1. The molecule has 3 rings (SSSR count). The maximum atomic E-state index is 12.8. The van der Waals surface area contributed by atoms with E-state index in [1.54, 1.807) is 42.5 Å². The average molecular weight is 359 g/mol. The van der Waals surface area contributed by atoms with Crippen LogP contribution < -0.4 is 4.74 Å². The molecule has 132 valence electrons. The van der Waals surface area contributed by atoms with Gasteiger partial charge in [-0.25, -0.2) is 8.42 Å². The minimum absolute atomic E-state index is 0.0184. The summed E-state index contributed by atoms with van der Waals surface area (Å²) in [6.45, 7) is 4.37. The molecular formula is C18H21N3O3S. The SMILES string of the molecule is CCN(C)CCOc1ccc2[nH]nc(S(=O)(=O)c3ccccc3)c2c1. The monoisotopic (exact) mass is 359 g/mol. The van der Waals surface area contributed by atoms with Gasteiger partial charge in [-0.15, -0.1) is 0 Å². The van der Waals surface area contributed by atoms with Crippen molar-refractivity contribution in [2.75, 3.05) is 26.7 Å². The fraction of sp³-hybridized carbons (Fsp3) is 0.278. The Balaban J connectivity index is 1.91. The molecule has 0 saturated carbocycles. The Bertz CT molecular complexity index is 952. The summed E-state index contributed by atoms with van der Waals surface area (Å²) in [6.07, 6.45) is 0. The van der Waals surface area contributed by atoms with Crippen LogP contribution in [0.1, 0.15) is 6.92 Å². The molecule has 0 atom stereocenters. The number of rotatable bonds is 7. The van der Waals surface area contributed by atoms with Gasteiger partial charge >= 0.3 is 0 Å². The van der Waals surface area contributed by atoms with Crippen molar-refractivity contribution in [1.29, 1.82) is 0 Å². The van der Waals surface area contributed by atoms with Crippen molar-refractivity contribution in [3.05, 3.63) is 48.5 Å². The molecule has 6 nitrogen and oxygen atoms in total. The summed E-state index contributed by atoms with van der Waals surface area (Å²) in [5.74, 6) is 0.628. The molecule has 0 spiro atoms. The summed E-state index contributed by atoms with van der Waals surface area (Å²) in [6, 6.07) is 13.6. The summed E-state index contributed by atoms with van der Waals surface area (Å²) in [7, 11) is -1.66. The van der Waals surface area contributed by atoms with Gasteiger partial charge in [-0.1, -0.05) is 25.1 Å². The van der Waals surface area contributed by atoms with Gasteiger partial charge in [0.25, 0.3) is 0 Å². The number of likely N-dealkylation sites (N-methyl/N-ethyl adjacent to an activating group) is 1. The van der Waals surface area contributed by atoms with Gasteiger partial charge in [-0.05, 0) is 43.9 Å². The fourth-order valence-corrected chi connectivity index (χ4v) is 3.82. The quantitative estimate of drug-likeness (QED) is 0.702. The minimum Gasteiger partial charge on any atom is -0.492 e. The zero-order valence-corrected chi connectivity index (χ0v) is 15.1. The van der Waals surface area contributed by atoms with Crippen molar-refractivity contribution in [1.82, 2.24) is 15.1 Å². The zero-order chi connectivity index (χ0) is 17.9. The van der Waals surface area contributed by atoms with Crippen molar-refractivity contribution >= 4 is 20.7 Å². The van der Waals surface area contributed by atoms with Gasteiger partial charge in [0.15, 0.2) is 5.03 Å². The molecule has 0 fully saturated rings. The molecule has 0 saturated heterocycles. The topological polar surface area (TPSA) is 75.3 Å². The number of aromatic nitrogens is 2. The van der Waals surface area contributed by atoms with E-state index >= 15 is 0 Å². The van der Waals surface area contributed by atoms with Gasteiger partial charge in [-0.2, -0.15) is 5.10 Å². The molecule has 0 bridgehead atoms. The maximum absolute atomic E-state index is 12.8. The summed E-state index contributed by atoms with van der Waals surface area (Å²) < 4.78 is 31.4. The van der Waals surface area contributed by atoms with Gasteiger partial charge in [0.2, 0.25) is 9.84 Å². The van der Waals surface area contributed by atoms with E-state index in [0.717, 1.165) is 13.1 Å². The van der Waals surface area contributed by atoms with Crippen LogP contribution in [0.3, 0.4) is 0 Å². The van der Waals surface area contributed by atoms with Crippen LogP contribution in [0.5, 0.6) is 5.75 Å². The third-order valence-corrected chi connectivity index (χ3v) is 5.80. The molecule has 2 aromatic carbocycles. The van der Waals surface area contributed by atoms with E-state index in [-0.39, 0.29) is 9.92 Å². The Hall–Kier alpha value is -2.38. The van der Waals surface area contributed by atoms with Gasteiger partial charge in [0.1, 0.15) is 12.4 Å². The molecule has 1 N–H and O–H groups in total. The molecule has 0 unspecified atom stereocenters. The molecule has 0 aliphatic rings. The number of benzene rings is 2. The number of nitrogens with zero attached hydrogens (tertiary/aromatic N) is 2. The fourth-order valence-electron chi connectivity index (χ4n) is 2.45. The van der Waals surface area contributed by atoms with Crippen LogP contribution in [-0.2, 0) is 9.84 Å². The summed E-state index contributed by atoms with van der Waals surface area (Å²) in [5, 5.41) is 7.36. The van der Waals surface area contributed by atoms with Gasteiger partial charge < -0.3 is 9.64 Å². The maximum Gasteiger partial charge on any atom is 0.226 e. The lowest BCUT2D eigenvalue weighted by molar-refractivity contribution is 0.244. The van der Waals surface area contributed by atoms with Crippen molar-refractivity contribution in [3.8, 4) is 5.75 Å². The van der Waals surface area contributed by atoms with Gasteiger partial charge in [-0.3, -0.25) is 5.10 Å². The Morgan fingerprint density at radius 2 is 1.92 bits per heavy atom. The molecule has 25 heavy (non-hydrogen) atoms. The largest absolute Gasteiger partial charge is 0.492 e. The number of nitrogens with one attached hydrogen (secondary N) is 1. The van der Waals surface area contributed by atoms with Crippen LogP contribution in [0.4, 0.5) is 0 Å². The molecule has 1 heterocycles. The van der Waals surface area contributed by atoms with Crippen molar-refractivity contribution in [2.45, 2.75) is 16.8 Å². The first-order valence-corrected chi connectivity index (χ1v) is 9.60. The third-order valence-electron chi connectivity index (χ3n) is 4.09. The van der Waals surface area contributed by atoms with E-state index < -0.39 is 9.84 Å². The Morgan fingerprint density at radius 1 is 1.16 bits per heavy atom.